The Kier molecular flexibility index (Phi) is 4.13. The summed E-state index contributed by atoms with van der Waals surface area (Å²) < 4.78 is 27.4. The van der Waals surface area contributed by atoms with Crippen LogP contribution in [0.5, 0.6) is 0 Å². The number of carbonyl (C=O) groups excluding carboxylic acids is 1. The molecule has 1 aromatic rings. The molecular weight excluding hydrogens is 341 g/mol. The zero-order valence-electron chi connectivity index (χ0n) is 9.75. The van der Waals surface area contributed by atoms with Gasteiger partial charge in [-0.2, -0.15) is 0 Å². The minimum absolute atomic E-state index is 0. The van der Waals surface area contributed by atoms with Crippen molar-refractivity contribution in [3.63, 3.8) is 0 Å². The highest BCUT2D eigenvalue weighted by Gasteiger charge is 2.53. The van der Waals surface area contributed by atoms with Crippen molar-refractivity contribution in [2.75, 3.05) is 13.1 Å². The van der Waals surface area contributed by atoms with Gasteiger partial charge in [0, 0.05) is 23.6 Å². The maximum absolute atomic E-state index is 13.6. The van der Waals surface area contributed by atoms with E-state index in [1.807, 2.05) is 0 Å². The molecule has 3 nitrogen and oxygen atoms in total. The largest absolute Gasteiger partial charge is 0.348 e. The molecule has 1 aliphatic carbocycles. The average Bonchev–Trinajstić information content (AvgIpc) is 2.72. The number of carbonyl (C=O) groups is 1. The Hall–Kier alpha value is -0.720. The van der Waals surface area contributed by atoms with Crippen molar-refractivity contribution in [3.05, 3.63) is 33.8 Å². The summed E-state index contributed by atoms with van der Waals surface area (Å²) in [6.07, 6.45) is 0. The molecule has 0 spiro atoms. The van der Waals surface area contributed by atoms with Crippen molar-refractivity contribution < 1.29 is 13.6 Å². The van der Waals surface area contributed by atoms with Gasteiger partial charge >= 0.3 is 0 Å². The lowest BCUT2D eigenvalue weighted by atomic mass is 10.2. The topological polar surface area (TPSA) is 41.1 Å². The minimum Gasteiger partial charge on any atom is -0.348 e. The third-order valence-electron chi connectivity index (χ3n) is 3.62. The molecule has 104 valence electrons. The van der Waals surface area contributed by atoms with Gasteiger partial charge in [-0.15, -0.1) is 12.4 Å². The van der Waals surface area contributed by atoms with Crippen LogP contribution in [-0.2, 0) is 0 Å². The number of hydrogen-bond donors (Lipinski definition) is 2. The Bertz CT molecular complexity index is 495. The number of halogens is 4. The Morgan fingerprint density at radius 3 is 2.32 bits per heavy atom. The number of hydrogen-bond acceptors (Lipinski definition) is 2. The van der Waals surface area contributed by atoms with Crippen molar-refractivity contribution in [1.82, 2.24) is 10.6 Å². The SMILES string of the molecule is Cl.O=C(NC1C2CNCC21)c1c(F)cc(Br)cc1F. The number of benzene rings is 1. The lowest BCUT2D eigenvalue weighted by Crippen LogP contribution is -2.33. The first-order valence-electron chi connectivity index (χ1n) is 5.74. The third kappa shape index (κ3) is 2.61. The second kappa shape index (κ2) is 5.34. The smallest absolute Gasteiger partial charge is 0.257 e. The fourth-order valence-corrected chi connectivity index (χ4v) is 3.02. The maximum Gasteiger partial charge on any atom is 0.257 e. The molecule has 2 aliphatic rings. The summed E-state index contributed by atoms with van der Waals surface area (Å²) in [6.45, 7) is 1.72. The lowest BCUT2D eigenvalue weighted by Gasteiger charge is -2.09. The Balaban J connectivity index is 0.00000133. The van der Waals surface area contributed by atoms with Gasteiger partial charge in [-0.05, 0) is 24.0 Å². The first-order valence-corrected chi connectivity index (χ1v) is 6.53. The van der Waals surface area contributed by atoms with E-state index < -0.39 is 23.1 Å². The van der Waals surface area contributed by atoms with E-state index in [4.69, 9.17) is 0 Å². The van der Waals surface area contributed by atoms with Gasteiger partial charge in [0.2, 0.25) is 0 Å². The molecule has 0 bridgehead atoms. The minimum atomic E-state index is -0.844. The summed E-state index contributed by atoms with van der Waals surface area (Å²) in [5.74, 6) is -1.53. The van der Waals surface area contributed by atoms with Gasteiger partial charge in [-0.1, -0.05) is 15.9 Å². The van der Waals surface area contributed by atoms with E-state index in [0.717, 1.165) is 25.2 Å². The summed E-state index contributed by atoms with van der Waals surface area (Å²) in [5, 5.41) is 5.89. The Morgan fingerprint density at radius 1 is 1.26 bits per heavy atom. The summed E-state index contributed by atoms with van der Waals surface area (Å²) in [4.78, 5) is 11.9. The molecule has 2 N–H and O–H groups in total. The van der Waals surface area contributed by atoms with E-state index in [9.17, 15) is 13.6 Å². The fourth-order valence-electron chi connectivity index (χ4n) is 2.62. The Labute approximate surface area is 123 Å². The molecule has 2 unspecified atom stereocenters. The quantitative estimate of drug-likeness (QED) is 0.855. The molecule has 1 aliphatic heterocycles. The highest BCUT2D eigenvalue weighted by Crippen LogP contribution is 2.41. The number of piperidine rings is 1. The van der Waals surface area contributed by atoms with Gasteiger partial charge in [-0.25, -0.2) is 8.78 Å². The summed E-state index contributed by atoms with van der Waals surface area (Å²) in [6, 6.07) is 2.24. The van der Waals surface area contributed by atoms with Gasteiger partial charge in [0.15, 0.2) is 0 Å². The third-order valence-corrected chi connectivity index (χ3v) is 4.08. The fraction of sp³-hybridized carbons (Fsp3) is 0.417. The molecule has 1 aromatic carbocycles. The molecule has 19 heavy (non-hydrogen) atoms. The average molecular weight is 354 g/mol. The molecule has 3 rings (SSSR count). The molecule has 1 saturated carbocycles. The van der Waals surface area contributed by atoms with Crippen LogP contribution in [0.15, 0.2) is 16.6 Å². The standard InChI is InChI=1S/C12H11BrF2N2O.ClH/c13-5-1-8(14)10(9(15)2-5)12(18)17-11-6-3-16-4-7(6)11;/h1-2,6-7,11,16H,3-4H2,(H,17,18);1H. The first kappa shape index (κ1) is 14.7. The van der Waals surface area contributed by atoms with Crippen molar-refractivity contribution >= 4 is 34.2 Å². The van der Waals surface area contributed by atoms with Crippen molar-refractivity contribution in [2.24, 2.45) is 11.8 Å². The summed E-state index contributed by atoms with van der Waals surface area (Å²) >= 11 is 2.98. The molecule has 0 aromatic heterocycles. The van der Waals surface area contributed by atoms with E-state index in [-0.39, 0.29) is 22.9 Å². The van der Waals surface area contributed by atoms with Crippen LogP contribution < -0.4 is 10.6 Å². The molecule has 1 saturated heterocycles. The van der Waals surface area contributed by atoms with Crippen molar-refractivity contribution in [1.29, 1.82) is 0 Å². The van der Waals surface area contributed by atoms with Gasteiger partial charge in [0.1, 0.15) is 17.2 Å². The molecule has 1 heterocycles. The van der Waals surface area contributed by atoms with Gasteiger partial charge in [-0.3, -0.25) is 4.79 Å². The summed E-state index contributed by atoms with van der Waals surface area (Å²) in [5.41, 5.74) is -0.504. The number of amides is 1. The molecular formula is C12H12BrClF2N2O. The Morgan fingerprint density at radius 2 is 1.79 bits per heavy atom. The second-order valence-electron chi connectivity index (χ2n) is 4.73. The zero-order valence-corrected chi connectivity index (χ0v) is 12.2. The van der Waals surface area contributed by atoms with E-state index in [1.54, 1.807) is 0 Å². The van der Waals surface area contributed by atoms with E-state index in [2.05, 4.69) is 26.6 Å². The van der Waals surface area contributed by atoms with Gasteiger partial charge in [0.25, 0.3) is 5.91 Å². The van der Waals surface area contributed by atoms with Gasteiger partial charge in [0.05, 0.1) is 0 Å². The number of rotatable bonds is 2. The normalized spacial score (nSPS) is 27.4. The summed E-state index contributed by atoms with van der Waals surface area (Å²) in [7, 11) is 0. The van der Waals surface area contributed by atoms with E-state index >= 15 is 0 Å². The highest BCUT2D eigenvalue weighted by atomic mass is 79.9. The van der Waals surface area contributed by atoms with Crippen LogP contribution in [0.3, 0.4) is 0 Å². The maximum atomic E-state index is 13.6. The molecule has 2 atom stereocenters. The molecule has 7 heteroatoms. The molecule has 0 radical (unpaired) electrons. The number of nitrogens with one attached hydrogen (secondary N) is 2. The second-order valence-corrected chi connectivity index (χ2v) is 5.65. The van der Waals surface area contributed by atoms with Crippen molar-refractivity contribution in [2.45, 2.75) is 6.04 Å². The molecule has 1 amide bonds. The lowest BCUT2D eigenvalue weighted by molar-refractivity contribution is 0.0938. The van der Waals surface area contributed by atoms with Crippen molar-refractivity contribution in [3.8, 4) is 0 Å². The van der Waals surface area contributed by atoms with E-state index in [1.165, 1.54) is 0 Å². The van der Waals surface area contributed by atoms with Crippen LogP contribution in [0.25, 0.3) is 0 Å². The van der Waals surface area contributed by atoms with Crippen LogP contribution in [0.1, 0.15) is 10.4 Å². The predicted molar refractivity (Wildman–Crippen MR) is 72.4 cm³/mol. The van der Waals surface area contributed by atoms with E-state index in [0.29, 0.717) is 11.8 Å². The van der Waals surface area contributed by atoms with Crippen LogP contribution in [0.4, 0.5) is 8.78 Å². The zero-order chi connectivity index (χ0) is 12.9. The van der Waals surface area contributed by atoms with Crippen LogP contribution in [0.2, 0.25) is 0 Å². The predicted octanol–water partition coefficient (Wildman–Crippen LogP) is 2.10. The van der Waals surface area contributed by atoms with Crippen LogP contribution in [0, 0.1) is 23.5 Å². The monoisotopic (exact) mass is 352 g/mol. The van der Waals surface area contributed by atoms with Gasteiger partial charge < -0.3 is 10.6 Å². The molecule has 2 fully saturated rings. The van der Waals surface area contributed by atoms with Crippen LogP contribution >= 0.6 is 28.3 Å². The first-order chi connectivity index (χ1) is 8.58. The highest BCUT2D eigenvalue weighted by molar-refractivity contribution is 9.10. The van der Waals surface area contributed by atoms with Crippen LogP contribution in [-0.4, -0.2) is 25.0 Å². The number of fused-ring (bicyclic) bond motifs is 1.